The van der Waals surface area contributed by atoms with E-state index in [0.717, 1.165) is 65.7 Å². The lowest BCUT2D eigenvalue weighted by Crippen LogP contribution is -2.22. The molecule has 3 amide bonds. The molecule has 2 saturated carbocycles. The molecular formula is C28H28F3N7O3. The van der Waals surface area contributed by atoms with Crippen LogP contribution in [0.4, 0.5) is 40.0 Å². The van der Waals surface area contributed by atoms with Crippen molar-refractivity contribution < 1.29 is 27.9 Å². The van der Waals surface area contributed by atoms with Crippen molar-refractivity contribution in [2.45, 2.75) is 43.8 Å². The number of carboxylic acid groups (broad SMARTS) is 1. The van der Waals surface area contributed by atoms with Gasteiger partial charge in [0.1, 0.15) is 0 Å². The van der Waals surface area contributed by atoms with Crippen molar-refractivity contribution in [2.75, 3.05) is 16.4 Å². The minimum Gasteiger partial charge on any atom is -0.465 e. The van der Waals surface area contributed by atoms with Crippen LogP contribution in [0.15, 0.2) is 54.6 Å². The highest BCUT2D eigenvalue weighted by atomic mass is 19.4. The summed E-state index contributed by atoms with van der Waals surface area (Å²) in [5, 5.41) is 20.5. The SMILES string of the molecule is Cn1nc(N)c2c(-c3ccc(NC(=O)Nc4cccc(C(F)(F)F)c4)cc3)cc(C3CC3)nc21.O=C(O)NC1CC1. The van der Waals surface area contributed by atoms with Gasteiger partial charge in [-0.3, -0.25) is 0 Å². The molecule has 2 aromatic carbocycles. The van der Waals surface area contributed by atoms with Crippen LogP contribution in [-0.4, -0.2) is 38.0 Å². The number of nitrogens with one attached hydrogen (secondary N) is 3. The molecular weight excluding hydrogens is 539 g/mol. The number of hydrogen-bond donors (Lipinski definition) is 5. The summed E-state index contributed by atoms with van der Waals surface area (Å²) in [4.78, 5) is 26.8. The van der Waals surface area contributed by atoms with Gasteiger partial charge < -0.3 is 26.8 Å². The third kappa shape index (κ3) is 6.86. The Bertz CT molecular complexity index is 1590. The molecule has 0 aliphatic heterocycles. The Morgan fingerprint density at radius 1 is 1.00 bits per heavy atom. The molecule has 10 nitrogen and oxygen atoms in total. The number of anilines is 3. The maximum Gasteiger partial charge on any atom is 0.416 e. The van der Waals surface area contributed by atoms with Crippen molar-refractivity contribution in [3.63, 3.8) is 0 Å². The highest BCUT2D eigenvalue weighted by Crippen LogP contribution is 2.42. The van der Waals surface area contributed by atoms with Crippen LogP contribution < -0.4 is 21.7 Å². The first-order valence-electron chi connectivity index (χ1n) is 13.0. The number of carbonyl (C=O) groups is 2. The number of hydrogen-bond acceptors (Lipinski definition) is 5. The van der Waals surface area contributed by atoms with Crippen LogP contribution in [0.2, 0.25) is 0 Å². The summed E-state index contributed by atoms with van der Waals surface area (Å²) < 4.78 is 40.3. The number of aryl methyl sites for hydroxylation is 1. The topological polar surface area (TPSA) is 147 Å². The van der Waals surface area contributed by atoms with Gasteiger partial charge in [0, 0.05) is 36.1 Å². The van der Waals surface area contributed by atoms with Gasteiger partial charge in [-0.2, -0.15) is 18.3 Å². The van der Waals surface area contributed by atoms with Crippen molar-refractivity contribution in [1.29, 1.82) is 0 Å². The lowest BCUT2D eigenvalue weighted by Gasteiger charge is -2.12. The molecule has 0 atom stereocenters. The summed E-state index contributed by atoms with van der Waals surface area (Å²) in [6.45, 7) is 0. The van der Waals surface area contributed by atoms with E-state index >= 15 is 0 Å². The third-order valence-corrected chi connectivity index (χ3v) is 6.64. The van der Waals surface area contributed by atoms with Crippen LogP contribution in [0, 0.1) is 0 Å². The number of benzene rings is 2. The number of carbonyl (C=O) groups excluding carboxylic acids is 1. The van der Waals surface area contributed by atoms with Crippen molar-refractivity contribution in [3.8, 4) is 11.1 Å². The van der Waals surface area contributed by atoms with Gasteiger partial charge in [0.2, 0.25) is 0 Å². The van der Waals surface area contributed by atoms with E-state index in [0.29, 0.717) is 17.4 Å². The van der Waals surface area contributed by atoms with E-state index in [1.165, 1.54) is 12.1 Å². The van der Waals surface area contributed by atoms with Crippen molar-refractivity contribution in [3.05, 3.63) is 65.9 Å². The Labute approximate surface area is 232 Å². The molecule has 6 rings (SSSR count). The van der Waals surface area contributed by atoms with Gasteiger partial charge in [-0.05, 0) is 73.2 Å². The van der Waals surface area contributed by atoms with Gasteiger partial charge in [-0.1, -0.05) is 18.2 Å². The van der Waals surface area contributed by atoms with E-state index in [9.17, 15) is 22.8 Å². The Morgan fingerprint density at radius 3 is 2.27 bits per heavy atom. The van der Waals surface area contributed by atoms with Crippen molar-refractivity contribution >= 4 is 40.4 Å². The van der Waals surface area contributed by atoms with Crippen molar-refractivity contribution in [2.24, 2.45) is 7.05 Å². The fourth-order valence-corrected chi connectivity index (χ4v) is 4.31. The molecule has 41 heavy (non-hydrogen) atoms. The molecule has 0 saturated heterocycles. The zero-order valence-corrected chi connectivity index (χ0v) is 22.0. The largest absolute Gasteiger partial charge is 0.465 e. The van der Waals surface area contributed by atoms with Crippen molar-refractivity contribution in [1.82, 2.24) is 20.1 Å². The van der Waals surface area contributed by atoms with Crippen LogP contribution in [0.25, 0.3) is 22.2 Å². The fraction of sp³-hybridized carbons (Fsp3) is 0.286. The number of pyridine rings is 1. The number of amides is 3. The van der Waals surface area contributed by atoms with Crippen LogP contribution in [0.5, 0.6) is 0 Å². The number of aromatic nitrogens is 3. The zero-order chi connectivity index (χ0) is 29.3. The van der Waals surface area contributed by atoms with Crippen LogP contribution in [0.3, 0.4) is 0 Å². The Kier molecular flexibility index (Phi) is 7.43. The van der Waals surface area contributed by atoms with Gasteiger partial charge in [-0.15, -0.1) is 0 Å². The lowest BCUT2D eigenvalue weighted by atomic mass is 10.0. The fourth-order valence-electron chi connectivity index (χ4n) is 4.31. The van der Waals surface area contributed by atoms with E-state index in [4.69, 9.17) is 15.8 Å². The maximum atomic E-state index is 12.9. The molecule has 2 heterocycles. The zero-order valence-electron chi connectivity index (χ0n) is 22.0. The summed E-state index contributed by atoms with van der Waals surface area (Å²) in [6.07, 6.45) is -1.13. The van der Waals surface area contributed by atoms with Crippen LogP contribution in [-0.2, 0) is 13.2 Å². The standard InChI is InChI=1S/C24H21F3N6O.C4H7NO2/c1-33-22-20(21(28)32-33)18(12-19(31-22)14-5-6-14)13-7-9-16(10-8-13)29-23(34)30-17-4-2-3-15(11-17)24(25,26)27;6-4(7)5-3-1-2-3/h2-4,7-12,14H,5-6H2,1H3,(H2,28,32)(H2,29,30,34);3,5H,1-2H2,(H,6,7). The maximum absolute atomic E-state index is 12.9. The summed E-state index contributed by atoms with van der Waals surface area (Å²) in [7, 11) is 1.81. The lowest BCUT2D eigenvalue weighted by molar-refractivity contribution is -0.137. The summed E-state index contributed by atoms with van der Waals surface area (Å²) in [5.74, 6) is 0.838. The summed E-state index contributed by atoms with van der Waals surface area (Å²) in [5.41, 5.74) is 9.38. The van der Waals surface area contributed by atoms with Crippen LogP contribution >= 0.6 is 0 Å². The first kappa shape index (κ1) is 27.7. The predicted octanol–water partition coefficient (Wildman–Crippen LogP) is 6.17. The number of nitrogens with two attached hydrogens (primary N) is 1. The average molecular weight is 568 g/mol. The molecule has 2 aliphatic carbocycles. The molecule has 0 radical (unpaired) electrons. The second kappa shape index (κ2) is 11.0. The molecule has 6 N–H and O–H groups in total. The molecule has 2 aromatic heterocycles. The molecule has 214 valence electrons. The first-order valence-corrected chi connectivity index (χ1v) is 13.0. The second-order valence-corrected chi connectivity index (χ2v) is 10.0. The number of nitrogens with zero attached hydrogens (tertiary/aromatic N) is 3. The minimum absolute atomic E-state index is 0.0442. The molecule has 0 unspecified atom stereocenters. The number of rotatable bonds is 5. The number of fused-ring (bicyclic) bond motifs is 1. The molecule has 13 heteroatoms. The normalized spacial score (nSPS) is 14.6. The Morgan fingerprint density at radius 2 is 1.68 bits per heavy atom. The summed E-state index contributed by atoms with van der Waals surface area (Å²) in [6, 6.07) is 13.3. The third-order valence-electron chi connectivity index (χ3n) is 6.64. The van der Waals surface area contributed by atoms with Gasteiger partial charge in [0.25, 0.3) is 0 Å². The van der Waals surface area contributed by atoms with Gasteiger partial charge in [0.15, 0.2) is 11.5 Å². The molecule has 4 aromatic rings. The predicted molar refractivity (Wildman–Crippen MR) is 149 cm³/mol. The molecule has 0 bridgehead atoms. The first-order chi connectivity index (χ1) is 19.5. The van der Waals surface area contributed by atoms with Gasteiger partial charge in [-0.25, -0.2) is 19.3 Å². The van der Waals surface area contributed by atoms with E-state index in [-0.39, 0.29) is 11.7 Å². The van der Waals surface area contributed by atoms with E-state index < -0.39 is 23.9 Å². The number of halogens is 3. The monoisotopic (exact) mass is 567 g/mol. The molecule has 2 fully saturated rings. The minimum atomic E-state index is -4.49. The number of urea groups is 1. The number of nitrogen functional groups attached to an aromatic ring is 1. The van der Waals surface area contributed by atoms with E-state index in [1.807, 2.05) is 25.2 Å². The quantitative estimate of drug-likeness (QED) is 0.195. The summed E-state index contributed by atoms with van der Waals surface area (Å²) >= 11 is 0. The smallest absolute Gasteiger partial charge is 0.416 e. The van der Waals surface area contributed by atoms with Crippen LogP contribution in [0.1, 0.15) is 42.9 Å². The molecule has 0 spiro atoms. The Hall–Kier alpha value is -4.81. The van der Waals surface area contributed by atoms with E-state index in [2.05, 4.69) is 21.0 Å². The van der Waals surface area contributed by atoms with Gasteiger partial charge in [0.05, 0.1) is 10.9 Å². The highest BCUT2D eigenvalue weighted by molar-refractivity contribution is 6.02. The second-order valence-electron chi connectivity index (χ2n) is 10.0. The Balaban J connectivity index is 0.000000423. The average Bonchev–Trinajstić information content (AvgIpc) is 3.84. The van der Waals surface area contributed by atoms with E-state index in [1.54, 1.807) is 16.8 Å². The number of alkyl halides is 3. The van der Waals surface area contributed by atoms with Gasteiger partial charge >= 0.3 is 18.3 Å². The molecule has 2 aliphatic rings. The highest BCUT2D eigenvalue weighted by Gasteiger charge is 2.30.